The van der Waals surface area contributed by atoms with Gasteiger partial charge in [-0.15, -0.1) is 0 Å². The number of rotatable bonds is 6. The van der Waals surface area contributed by atoms with Crippen molar-refractivity contribution in [1.29, 1.82) is 0 Å². The minimum absolute atomic E-state index is 0.407. The average molecular weight is 333 g/mol. The first-order valence-corrected chi connectivity index (χ1v) is 10.6. The molecule has 0 aromatic heterocycles. The quantitative estimate of drug-likeness (QED) is 0.655. The molecule has 1 heteroatoms. The molecule has 0 unspecified atom stereocenters. The Morgan fingerprint density at radius 2 is 1.62 bits per heavy atom. The Bertz CT molecular complexity index is 748. The van der Waals surface area contributed by atoms with Crippen molar-refractivity contribution >= 4 is 20.3 Å². The summed E-state index contributed by atoms with van der Waals surface area (Å²) in [6.07, 6.45) is 4.89. The van der Waals surface area contributed by atoms with Gasteiger partial charge in [0.1, 0.15) is 0 Å². The molecule has 2 aromatic carbocycles. The summed E-state index contributed by atoms with van der Waals surface area (Å²) in [5.41, 5.74) is 7.60. The molecule has 0 nitrogen and oxygen atoms in total. The highest BCUT2D eigenvalue weighted by Crippen LogP contribution is 2.37. The smallest absolute Gasteiger partial charge is 0.0661 e. The van der Waals surface area contributed by atoms with Gasteiger partial charge < -0.3 is 0 Å². The van der Waals surface area contributed by atoms with E-state index in [1.807, 2.05) is 0 Å². The van der Waals surface area contributed by atoms with Crippen LogP contribution in [0.25, 0.3) is 5.57 Å². The molecule has 24 heavy (non-hydrogen) atoms. The van der Waals surface area contributed by atoms with Crippen molar-refractivity contribution in [3.05, 3.63) is 82.1 Å². The highest BCUT2D eigenvalue weighted by atomic mass is 28.2. The maximum absolute atomic E-state index is 2.35. The number of unbranched alkanes of at least 4 members (excludes halogenated alkanes) is 1. The van der Waals surface area contributed by atoms with Crippen LogP contribution >= 0.6 is 0 Å². The van der Waals surface area contributed by atoms with Crippen molar-refractivity contribution in [1.82, 2.24) is 0 Å². The molecule has 0 saturated heterocycles. The lowest BCUT2D eigenvalue weighted by Crippen LogP contribution is -2.16. The second kappa shape index (κ2) is 7.81. The molecule has 0 atom stereocenters. The van der Waals surface area contributed by atoms with Crippen molar-refractivity contribution in [2.75, 3.05) is 0 Å². The summed E-state index contributed by atoms with van der Waals surface area (Å²) in [5, 5.41) is 3.21. The second-order valence-electron chi connectivity index (χ2n) is 7.00. The van der Waals surface area contributed by atoms with Crippen molar-refractivity contribution in [3.8, 4) is 0 Å². The van der Waals surface area contributed by atoms with E-state index in [9.17, 15) is 0 Å². The fraction of sp³-hybridized carbons (Fsp3) is 0.304. The average Bonchev–Trinajstić information content (AvgIpc) is 2.90. The molecule has 1 aliphatic carbocycles. The Morgan fingerprint density at radius 1 is 0.917 bits per heavy atom. The Morgan fingerprint density at radius 3 is 2.29 bits per heavy atom. The van der Waals surface area contributed by atoms with Gasteiger partial charge in [-0.3, -0.25) is 0 Å². The Hall–Kier alpha value is -1.86. The van der Waals surface area contributed by atoms with E-state index in [0.29, 0.717) is 0 Å². The fourth-order valence-corrected chi connectivity index (χ4v) is 5.58. The summed E-state index contributed by atoms with van der Waals surface area (Å²) in [5.74, 6) is 0. The van der Waals surface area contributed by atoms with Gasteiger partial charge in [-0.1, -0.05) is 89.5 Å². The van der Waals surface area contributed by atoms with E-state index in [1.54, 1.807) is 27.1 Å². The van der Waals surface area contributed by atoms with Crippen LogP contribution in [0.2, 0.25) is 0 Å². The number of hydrogen-bond donors (Lipinski definition) is 0. The lowest BCUT2D eigenvalue weighted by Gasteiger charge is -2.11. The Balaban J connectivity index is 1.88. The van der Waals surface area contributed by atoms with E-state index in [1.165, 1.54) is 30.4 Å². The Kier molecular flexibility index (Phi) is 5.52. The molecule has 0 fully saturated rings. The van der Waals surface area contributed by atoms with Gasteiger partial charge in [-0.25, -0.2) is 0 Å². The van der Waals surface area contributed by atoms with Crippen LogP contribution in [0.1, 0.15) is 51.2 Å². The zero-order chi connectivity index (χ0) is 16.9. The number of aryl methyl sites for hydroxylation is 1. The molecule has 3 rings (SSSR count). The summed E-state index contributed by atoms with van der Waals surface area (Å²) >= 11 is 0. The summed E-state index contributed by atoms with van der Waals surface area (Å²) in [6.45, 7) is 6.88. The van der Waals surface area contributed by atoms with E-state index in [-0.39, 0.29) is 0 Å². The molecular formula is C23H28Si. The number of allylic oxidation sites excluding steroid dienone is 4. The minimum Gasteiger partial charge on any atom is -0.0661 e. The predicted molar refractivity (Wildman–Crippen MR) is 110 cm³/mol. The topological polar surface area (TPSA) is 0 Å². The standard InChI is InChI=1S/C23H28Si/c1-4-5-9-19-12-14-20(15-13-19)22-16-17(2)18(3)23(22)24-21-10-7-6-8-11-21/h6-8,10-15H,4-5,9,16,24H2,1-3H3. The molecule has 0 aliphatic heterocycles. The third kappa shape index (κ3) is 3.79. The molecule has 0 spiro atoms. The van der Waals surface area contributed by atoms with Gasteiger partial charge in [0, 0.05) is 0 Å². The molecule has 0 bridgehead atoms. The maximum atomic E-state index is 2.35. The van der Waals surface area contributed by atoms with Gasteiger partial charge in [0.2, 0.25) is 0 Å². The lowest BCUT2D eigenvalue weighted by molar-refractivity contribution is 0.795. The van der Waals surface area contributed by atoms with E-state index in [4.69, 9.17) is 0 Å². The van der Waals surface area contributed by atoms with Gasteiger partial charge in [0.15, 0.2) is 0 Å². The van der Waals surface area contributed by atoms with Crippen LogP contribution in [-0.4, -0.2) is 9.52 Å². The molecule has 1 aliphatic rings. The number of benzene rings is 2. The first kappa shape index (κ1) is 17.0. The van der Waals surface area contributed by atoms with E-state index < -0.39 is 9.52 Å². The second-order valence-corrected chi connectivity index (χ2v) is 8.88. The van der Waals surface area contributed by atoms with E-state index in [0.717, 1.165) is 6.42 Å². The zero-order valence-electron chi connectivity index (χ0n) is 15.2. The zero-order valence-corrected chi connectivity index (χ0v) is 16.6. The molecule has 124 valence electrons. The fourth-order valence-electron chi connectivity index (χ4n) is 3.56. The molecule has 0 saturated carbocycles. The van der Waals surface area contributed by atoms with Gasteiger partial charge in [0.05, 0.1) is 9.52 Å². The van der Waals surface area contributed by atoms with Gasteiger partial charge in [-0.2, -0.15) is 0 Å². The first-order valence-electron chi connectivity index (χ1n) is 9.21. The molecule has 0 heterocycles. The van der Waals surface area contributed by atoms with Crippen LogP contribution in [0.4, 0.5) is 0 Å². The molecule has 0 N–H and O–H groups in total. The normalized spacial score (nSPS) is 15.1. The van der Waals surface area contributed by atoms with Crippen LogP contribution in [0.3, 0.4) is 0 Å². The summed E-state index contributed by atoms with van der Waals surface area (Å²) in [7, 11) is -0.407. The van der Waals surface area contributed by atoms with Crippen LogP contribution < -0.4 is 5.19 Å². The van der Waals surface area contributed by atoms with Crippen molar-refractivity contribution in [2.45, 2.75) is 46.5 Å². The largest absolute Gasteiger partial charge is 0.0882 e. The van der Waals surface area contributed by atoms with Crippen LogP contribution in [0, 0.1) is 0 Å². The summed E-state index contributed by atoms with van der Waals surface area (Å²) in [4.78, 5) is 0. The molecular weight excluding hydrogens is 304 g/mol. The van der Waals surface area contributed by atoms with E-state index >= 15 is 0 Å². The van der Waals surface area contributed by atoms with Crippen molar-refractivity contribution in [3.63, 3.8) is 0 Å². The van der Waals surface area contributed by atoms with Gasteiger partial charge in [0.25, 0.3) is 0 Å². The van der Waals surface area contributed by atoms with Crippen LogP contribution in [0.15, 0.2) is 70.9 Å². The van der Waals surface area contributed by atoms with Gasteiger partial charge in [-0.05, 0) is 49.8 Å². The predicted octanol–water partition coefficient (Wildman–Crippen LogP) is 4.97. The summed E-state index contributed by atoms with van der Waals surface area (Å²) < 4.78 is 0. The van der Waals surface area contributed by atoms with Crippen molar-refractivity contribution < 1.29 is 0 Å². The van der Waals surface area contributed by atoms with Crippen molar-refractivity contribution in [2.24, 2.45) is 0 Å². The highest BCUT2D eigenvalue weighted by Gasteiger charge is 2.20. The minimum atomic E-state index is -0.407. The van der Waals surface area contributed by atoms with Gasteiger partial charge >= 0.3 is 0 Å². The van der Waals surface area contributed by atoms with Crippen LogP contribution in [0.5, 0.6) is 0 Å². The SMILES string of the molecule is CCCCc1ccc(C2=C([SiH2]c3ccccc3)C(C)=C(C)C2)cc1. The molecule has 2 aromatic rings. The maximum Gasteiger partial charge on any atom is 0.0882 e. The Labute approximate surface area is 149 Å². The highest BCUT2D eigenvalue weighted by molar-refractivity contribution is 6.63. The van der Waals surface area contributed by atoms with E-state index in [2.05, 4.69) is 75.4 Å². The number of hydrogen-bond acceptors (Lipinski definition) is 0. The lowest BCUT2D eigenvalue weighted by atomic mass is 10.00. The summed E-state index contributed by atoms with van der Waals surface area (Å²) in [6, 6.07) is 20.4. The third-order valence-electron chi connectivity index (χ3n) is 5.24. The molecule has 0 radical (unpaired) electrons. The monoisotopic (exact) mass is 332 g/mol. The first-order chi connectivity index (χ1) is 11.7. The molecule has 0 amide bonds. The third-order valence-corrected chi connectivity index (χ3v) is 7.43. The van der Waals surface area contributed by atoms with Crippen LogP contribution in [-0.2, 0) is 6.42 Å².